The van der Waals surface area contributed by atoms with E-state index >= 15 is 0 Å². The Hall–Kier alpha value is -0.0831. The van der Waals surface area contributed by atoms with Gasteiger partial charge in [-0.15, -0.1) is 0 Å². The predicted molar refractivity (Wildman–Crippen MR) is 23.5 cm³/mol. The zero-order chi connectivity index (χ0) is 3.70. The zero-order valence-corrected chi connectivity index (χ0v) is 4.35. The van der Waals surface area contributed by atoms with E-state index in [1.165, 1.54) is 5.20 Å². The lowest BCUT2D eigenvalue weighted by atomic mass is 10.9. The number of rotatable bonds is 1. The molecule has 2 heteroatoms. The summed E-state index contributed by atoms with van der Waals surface area (Å²) in [5.74, 6) is 0. The topological polar surface area (TPSA) is 20.2 Å². The van der Waals surface area contributed by atoms with Crippen LogP contribution in [0.4, 0.5) is 0 Å². The van der Waals surface area contributed by atoms with Gasteiger partial charge in [0.2, 0.25) is 0 Å². The summed E-state index contributed by atoms with van der Waals surface area (Å²) in [5, 5.41) is 1.32. The second kappa shape index (κ2) is 0.952. The van der Waals surface area contributed by atoms with Crippen molar-refractivity contribution < 1.29 is 4.80 Å². The Bertz CT molecular complexity index is 67.3. The Kier molecular flexibility index (Phi) is 0.594. The molecule has 1 aliphatic carbocycles. The average molecular weight is 86.2 g/mol. The lowest BCUT2D eigenvalue weighted by Crippen LogP contribution is -1.77. The van der Waals surface area contributed by atoms with Crippen molar-refractivity contribution in [1.29, 1.82) is 0 Å². The van der Waals surface area contributed by atoms with E-state index in [0.29, 0.717) is 0 Å². The minimum atomic E-state index is -0.679. The van der Waals surface area contributed by atoms with E-state index in [2.05, 4.69) is 6.08 Å². The largest absolute Gasteiger partial charge is 0.434 e. The molecule has 0 atom stereocenters. The Morgan fingerprint density at radius 1 is 2.00 bits per heavy atom. The molecule has 0 spiro atoms. The molecule has 1 nitrogen and oxygen atoms in total. The van der Waals surface area contributed by atoms with E-state index in [0.717, 1.165) is 6.42 Å². The number of hydrogen-bond donors (Lipinski definition) is 1. The third-order valence-electron chi connectivity index (χ3n) is 0.696. The molecule has 1 rings (SSSR count). The van der Waals surface area contributed by atoms with E-state index in [9.17, 15) is 0 Å². The van der Waals surface area contributed by atoms with Crippen molar-refractivity contribution in [3.8, 4) is 0 Å². The van der Waals surface area contributed by atoms with Crippen LogP contribution in [0.5, 0.6) is 0 Å². The maximum Gasteiger partial charge on any atom is 0.183 e. The number of allylic oxidation sites excluding steroid dienone is 2. The van der Waals surface area contributed by atoms with E-state index in [1.807, 2.05) is 0 Å². The minimum Gasteiger partial charge on any atom is -0.434 e. The third-order valence-corrected chi connectivity index (χ3v) is 1.68. The molecule has 0 unspecified atom stereocenters. The van der Waals surface area contributed by atoms with Crippen LogP contribution in [0.3, 0.4) is 0 Å². The monoisotopic (exact) mass is 86.0 g/mol. The van der Waals surface area contributed by atoms with Crippen molar-refractivity contribution in [2.24, 2.45) is 0 Å². The Balaban J connectivity index is 2.22. The number of hydrogen-bond acceptors (Lipinski definition) is 1. The lowest BCUT2D eigenvalue weighted by Gasteiger charge is -1.66. The summed E-state index contributed by atoms with van der Waals surface area (Å²) in [7, 11) is -0.679. The standard InChI is InChI=1S/C3H6OSi/c4-5-3-1-2-3/h1,4H,2,5H2. The highest BCUT2D eigenvalue weighted by atomic mass is 28.2. The van der Waals surface area contributed by atoms with Crippen molar-refractivity contribution >= 4 is 9.76 Å². The fraction of sp³-hybridized carbons (Fsp3) is 0.333. The predicted octanol–water partition coefficient (Wildman–Crippen LogP) is -0.650. The van der Waals surface area contributed by atoms with Gasteiger partial charge in [0.25, 0.3) is 0 Å². The fourth-order valence-corrected chi connectivity index (χ4v) is 0.604. The van der Waals surface area contributed by atoms with Crippen LogP contribution in [0.25, 0.3) is 0 Å². The molecular weight excluding hydrogens is 80.1 g/mol. The fourth-order valence-electron chi connectivity index (χ4n) is 0.201. The molecule has 0 saturated carbocycles. The quantitative estimate of drug-likeness (QED) is 0.420. The van der Waals surface area contributed by atoms with Crippen molar-refractivity contribution in [2.75, 3.05) is 0 Å². The average Bonchev–Trinajstić information content (AvgIpc) is 2.12. The van der Waals surface area contributed by atoms with E-state index < -0.39 is 9.76 Å². The van der Waals surface area contributed by atoms with Crippen molar-refractivity contribution in [3.05, 3.63) is 11.3 Å². The van der Waals surface area contributed by atoms with Gasteiger partial charge in [-0.1, -0.05) is 11.3 Å². The minimum absolute atomic E-state index is 0.679. The second-order valence-electron chi connectivity index (χ2n) is 1.22. The first-order valence-corrected chi connectivity index (χ1v) is 3.06. The van der Waals surface area contributed by atoms with E-state index in [4.69, 9.17) is 4.80 Å². The van der Waals surface area contributed by atoms with Gasteiger partial charge in [0.05, 0.1) is 0 Å². The van der Waals surface area contributed by atoms with Gasteiger partial charge in [-0.25, -0.2) is 0 Å². The van der Waals surface area contributed by atoms with Crippen LogP contribution in [0.2, 0.25) is 0 Å². The lowest BCUT2D eigenvalue weighted by molar-refractivity contribution is 0.612. The summed E-state index contributed by atoms with van der Waals surface area (Å²) in [5.41, 5.74) is 0. The van der Waals surface area contributed by atoms with Crippen LogP contribution in [-0.4, -0.2) is 14.6 Å². The van der Waals surface area contributed by atoms with Gasteiger partial charge in [-0.05, 0) is 6.42 Å². The van der Waals surface area contributed by atoms with Crippen LogP contribution in [-0.2, 0) is 0 Å². The van der Waals surface area contributed by atoms with Gasteiger partial charge in [-0.2, -0.15) is 0 Å². The molecule has 0 aromatic heterocycles. The molecule has 0 aromatic rings. The Morgan fingerprint density at radius 2 is 2.60 bits per heavy atom. The molecule has 5 heavy (non-hydrogen) atoms. The molecule has 0 heterocycles. The van der Waals surface area contributed by atoms with Crippen LogP contribution < -0.4 is 0 Å². The molecule has 0 saturated heterocycles. The summed E-state index contributed by atoms with van der Waals surface area (Å²) in [6.45, 7) is 0. The highest BCUT2D eigenvalue weighted by Gasteiger charge is 2.02. The first-order chi connectivity index (χ1) is 2.43. The molecular formula is C3H6OSi. The highest BCUT2D eigenvalue weighted by molar-refractivity contribution is 6.38. The Labute approximate surface area is 33.3 Å². The first-order valence-electron chi connectivity index (χ1n) is 1.72. The molecule has 0 amide bonds. The van der Waals surface area contributed by atoms with Gasteiger partial charge in [0.1, 0.15) is 0 Å². The first kappa shape index (κ1) is 3.12. The van der Waals surface area contributed by atoms with E-state index in [-0.39, 0.29) is 0 Å². The van der Waals surface area contributed by atoms with Gasteiger partial charge < -0.3 is 4.80 Å². The summed E-state index contributed by atoms with van der Waals surface area (Å²) < 4.78 is 0. The molecule has 0 radical (unpaired) electrons. The van der Waals surface area contributed by atoms with Gasteiger partial charge in [-0.3, -0.25) is 0 Å². The van der Waals surface area contributed by atoms with Crippen molar-refractivity contribution in [2.45, 2.75) is 6.42 Å². The van der Waals surface area contributed by atoms with Crippen LogP contribution in [0.1, 0.15) is 6.42 Å². The molecule has 28 valence electrons. The van der Waals surface area contributed by atoms with Crippen LogP contribution in [0.15, 0.2) is 11.3 Å². The summed E-state index contributed by atoms with van der Waals surface area (Å²) in [6.07, 6.45) is 3.19. The van der Waals surface area contributed by atoms with Crippen LogP contribution >= 0.6 is 0 Å². The van der Waals surface area contributed by atoms with Crippen LogP contribution in [0, 0.1) is 0 Å². The maximum atomic E-state index is 8.28. The maximum absolute atomic E-state index is 8.28. The summed E-state index contributed by atoms with van der Waals surface area (Å²) in [4.78, 5) is 8.28. The normalized spacial score (nSPS) is 20.6. The SMILES string of the molecule is O[SiH2]C1=CC1. The second-order valence-corrected chi connectivity index (χ2v) is 2.45. The van der Waals surface area contributed by atoms with Gasteiger partial charge in [0.15, 0.2) is 9.76 Å². The van der Waals surface area contributed by atoms with Crippen molar-refractivity contribution in [1.82, 2.24) is 0 Å². The van der Waals surface area contributed by atoms with Gasteiger partial charge >= 0.3 is 0 Å². The summed E-state index contributed by atoms with van der Waals surface area (Å²) >= 11 is 0. The zero-order valence-electron chi connectivity index (χ0n) is 2.94. The van der Waals surface area contributed by atoms with Gasteiger partial charge in [0, 0.05) is 0 Å². The van der Waals surface area contributed by atoms with Crippen molar-refractivity contribution in [3.63, 3.8) is 0 Å². The molecule has 1 N–H and O–H groups in total. The molecule has 0 aromatic carbocycles. The third kappa shape index (κ3) is 0.595. The van der Waals surface area contributed by atoms with E-state index in [1.54, 1.807) is 0 Å². The molecule has 0 bridgehead atoms. The smallest absolute Gasteiger partial charge is 0.183 e. The molecule has 1 aliphatic rings. The summed E-state index contributed by atoms with van der Waals surface area (Å²) in [6, 6.07) is 0. The highest BCUT2D eigenvalue weighted by Crippen LogP contribution is 2.13. The molecule has 0 aliphatic heterocycles. The molecule has 0 fully saturated rings. The Morgan fingerprint density at radius 3 is 2.60 bits per heavy atom.